The van der Waals surface area contributed by atoms with Crippen molar-refractivity contribution in [3.8, 4) is 0 Å². The molecule has 0 radical (unpaired) electrons. The van der Waals surface area contributed by atoms with E-state index < -0.39 is 24.1 Å². The maximum absolute atomic E-state index is 10.4. The lowest BCUT2D eigenvalue weighted by Gasteiger charge is -1.95. The minimum absolute atomic E-state index is 0.464. The van der Waals surface area contributed by atoms with Gasteiger partial charge in [0, 0.05) is 5.97 Å². The number of carboxylic acid groups (broad SMARTS) is 2. The highest BCUT2D eigenvalue weighted by Crippen LogP contribution is 1.82. The van der Waals surface area contributed by atoms with Gasteiger partial charge in [-0.3, -0.25) is 4.79 Å². The van der Waals surface area contributed by atoms with Crippen LogP contribution >= 0.6 is 0 Å². The fraction of sp³-hybridized carbons (Fsp3) is 0.167. The van der Waals surface area contributed by atoms with Gasteiger partial charge in [0.05, 0.1) is 12.4 Å². The van der Waals surface area contributed by atoms with Gasteiger partial charge in [0.25, 0.3) is 0 Å². The molecular weight excluding hydrogens is 152 g/mol. The maximum Gasteiger partial charge on any atom is 0.161 e. The van der Waals surface area contributed by atoms with Gasteiger partial charge in [-0.2, -0.15) is 0 Å². The number of rotatable bonds is 4. The first-order valence-electron chi connectivity index (χ1n) is 2.64. The van der Waals surface area contributed by atoms with Gasteiger partial charge in [0.1, 0.15) is 0 Å². The first kappa shape index (κ1) is 9.35. The third-order valence-electron chi connectivity index (χ3n) is 0.724. The molecule has 0 aliphatic carbocycles. The van der Waals surface area contributed by atoms with E-state index in [1.165, 1.54) is 0 Å². The van der Waals surface area contributed by atoms with E-state index in [1.54, 1.807) is 0 Å². The summed E-state index contributed by atoms with van der Waals surface area (Å²) in [4.78, 5) is 29.8. The van der Waals surface area contributed by atoms with Crippen molar-refractivity contribution < 1.29 is 24.6 Å². The highest BCUT2D eigenvalue weighted by Gasteiger charge is 1.94. The second-order valence-corrected chi connectivity index (χ2v) is 1.67. The zero-order chi connectivity index (χ0) is 8.85. The van der Waals surface area contributed by atoms with Gasteiger partial charge in [-0.15, -0.1) is 0 Å². The Hall–Kier alpha value is -1.65. The Balaban J connectivity index is 3.88. The predicted octanol–water partition coefficient (Wildman–Crippen LogP) is -3.00. The second-order valence-electron chi connectivity index (χ2n) is 1.67. The van der Waals surface area contributed by atoms with Crippen molar-refractivity contribution in [3.05, 3.63) is 12.2 Å². The van der Waals surface area contributed by atoms with E-state index in [-0.39, 0.29) is 0 Å². The molecule has 11 heavy (non-hydrogen) atoms. The van der Waals surface area contributed by atoms with E-state index >= 15 is 0 Å². The minimum atomic E-state index is -1.54. The van der Waals surface area contributed by atoms with Crippen LogP contribution in [-0.4, -0.2) is 17.7 Å². The van der Waals surface area contributed by atoms with Crippen LogP contribution in [0.4, 0.5) is 0 Å². The average Bonchev–Trinajstić information content (AvgIpc) is 1.82. The highest BCUT2D eigenvalue weighted by molar-refractivity contribution is 6.02. The number of carboxylic acids is 2. The first-order chi connectivity index (χ1) is 5.02. The van der Waals surface area contributed by atoms with Gasteiger partial charge in [0.2, 0.25) is 0 Å². The number of carbonyl (C=O) groups is 3. The number of aliphatic carboxylic acids is 2. The van der Waals surface area contributed by atoms with Crippen molar-refractivity contribution >= 4 is 17.7 Å². The summed E-state index contributed by atoms with van der Waals surface area (Å²) in [6, 6.07) is 0. The smallest absolute Gasteiger partial charge is 0.161 e. The number of carbonyl (C=O) groups excluding carboxylic acids is 3. The van der Waals surface area contributed by atoms with Crippen LogP contribution in [0.2, 0.25) is 0 Å². The van der Waals surface area contributed by atoms with Crippen LogP contribution in [0.3, 0.4) is 0 Å². The molecule has 0 aliphatic heterocycles. The van der Waals surface area contributed by atoms with Crippen LogP contribution < -0.4 is 10.2 Å². The Morgan fingerprint density at radius 2 is 1.64 bits per heavy atom. The summed E-state index contributed by atoms with van der Waals surface area (Å²) in [5.74, 6) is -3.93. The summed E-state index contributed by atoms with van der Waals surface area (Å²) in [5, 5.41) is 19.4. The van der Waals surface area contributed by atoms with Crippen molar-refractivity contribution in [2.45, 2.75) is 6.42 Å². The molecular formula is C6H4O5-2. The average molecular weight is 156 g/mol. The number of ketones is 1. The quantitative estimate of drug-likeness (QED) is 0.319. The molecule has 5 nitrogen and oxygen atoms in total. The Morgan fingerprint density at radius 3 is 2.00 bits per heavy atom. The largest absolute Gasteiger partial charge is 0.550 e. The van der Waals surface area contributed by atoms with Crippen molar-refractivity contribution in [1.82, 2.24) is 0 Å². The van der Waals surface area contributed by atoms with Crippen molar-refractivity contribution in [3.63, 3.8) is 0 Å². The van der Waals surface area contributed by atoms with Crippen molar-refractivity contribution in [2.24, 2.45) is 0 Å². The Labute approximate surface area is 61.9 Å². The van der Waals surface area contributed by atoms with E-state index in [4.69, 9.17) is 0 Å². The fourth-order valence-electron chi connectivity index (χ4n) is 0.362. The minimum Gasteiger partial charge on any atom is -0.550 e. The van der Waals surface area contributed by atoms with Gasteiger partial charge in [0.15, 0.2) is 5.78 Å². The van der Waals surface area contributed by atoms with Crippen LogP contribution in [0.15, 0.2) is 12.2 Å². The standard InChI is InChI=1S/C6H6O5/c7-4(3-6(10)11)1-2-5(8)9/h1-2H,3H2,(H,8,9)(H,10,11)/p-2/b2-1+. The molecule has 0 atom stereocenters. The molecule has 0 aliphatic rings. The summed E-state index contributed by atoms with van der Waals surface area (Å²) < 4.78 is 0. The molecule has 0 bridgehead atoms. The molecule has 0 saturated heterocycles. The van der Waals surface area contributed by atoms with Crippen LogP contribution in [0.5, 0.6) is 0 Å². The van der Waals surface area contributed by atoms with E-state index in [9.17, 15) is 24.6 Å². The lowest BCUT2D eigenvalue weighted by atomic mass is 10.2. The summed E-state index contributed by atoms with van der Waals surface area (Å²) in [6.07, 6.45) is 0.264. The third kappa shape index (κ3) is 6.23. The van der Waals surface area contributed by atoms with E-state index in [0.29, 0.717) is 12.2 Å². The summed E-state index contributed by atoms with van der Waals surface area (Å²) in [6.45, 7) is 0. The second kappa shape index (κ2) is 4.21. The Bertz CT molecular complexity index is 215. The van der Waals surface area contributed by atoms with Gasteiger partial charge in [-0.05, 0) is 12.2 Å². The molecule has 5 heteroatoms. The van der Waals surface area contributed by atoms with Crippen molar-refractivity contribution in [2.75, 3.05) is 0 Å². The van der Waals surface area contributed by atoms with E-state index in [0.717, 1.165) is 0 Å². The Morgan fingerprint density at radius 1 is 1.09 bits per heavy atom. The van der Waals surface area contributed by atoms with Crippen LogP contribution in [0, 0.1) is 0 Å². The number of hydrogen-bond donors (Lipinski definition) is 0. The van der Waals surface area contributed by atoms with Gasteiger partial charge in [-0.1, -0.05) is 0 Å². The van der Waals surface area contributed by atoms with Crippen LogP contribution in [0.25, 0.3) is 0 Å². The van der Waals surface area contributed by atoms with Crippen molar-refractivity contribution in [1.29, 1.82) is 0 Å². The van der Waals surface area contributed by atoms with Crippen LogP contribution in [-0.2, 0) is 14.4 Å². The number of hydrogen-bond acceptors (Lipinski definition) is 5. The fourth-order valence-corrected chi connectivity index (χ4v) is 0.362. The molecule has 0 fully saturated rings. The molecule has 0 N–H and O–H groups in total. The normalized spacial score (nSPS) is 9.82. The van der Waals surface area contributed by atoms with Gasteiger partial charge < -0.3 is 19.8 Å². The summed E-state index contributed by atoms with van der Waals surface area (Å²) in [5.41, 5.74) is 0. The monoisotopic (exact) mass is 156 g/mol. The van der Waals surface area contributed by atoms with E-state index in [2.05, 4.69) is 0 Å². The lowest BCUT2D eigenvalue weighted by molar-refractivity contribution is -0.304. The maximum atomic E-state index is 10.4. The highest BCUT2D eigenvalue weighted by atomic mass is 16.4. The first-order valence-corrected chi connectivity index (χ1v) is 2.64. The summed E-state index contributed by atoms with van der Waals surface area (Å²) >= 11 is 0. The molecule has 0 aromatic heterocycles. The number of allylic oxidation sites excluding steroid dienone is 1. The molecule has 0 aromatic rings. The van der Waals surface area contributed by atoms with Gasteiger partial charge in [-0.25, -0.2) is 0 Å². The molecule has 0 heterocycles. The lowest BCUT2D eigenvalue weighted by Crippen LogP contribution is -2.25. The molecule has 0 rings (SSSR count). The zero-order valence-corrected chi connectivity index (χ0v) is 5.40. The molecule has 0 unspecified atom stereocenters. The third-order valence-corrected chi connectivity index (χ3v) is 0.724. The summed E-state index contributed by atoms with van der Waals surface area (Å²) in [7, 11) is 0. The van der Waals surface area contributed by atoms with Crippen LogP contribution in [0.1, 0.15) is 6.42 Å². The Kier molecular flexibility index (Phi) is 3.58. The molecule has 0 amide bonds. The molecule has 0 saturated carbocycles. The van der Waals surface area contributed by atoms with Gasteiger partial charge >= 0.3 is 0 Å². The topological polar surface area (TPSA) is 97.3 Å². The molecule has 0 spiro atoms. The zero-order valence-electron chi connectivity index (χ0n) is 5.40. The molecule has 60 valence electrons. The van der Waals surface area contributed by atoms with E-state index in [1.807, 2.05) is 0 Å². The molecule has 0 aromatic carbocycles. The predicted molar refractivity (Wildman–Crippen MR) is 28.8 cm³/mol. The SMILES string of the molecule is O=C([O-])/C=C/C(=O)CC(=O)[O-].